The molecule has 1 rings (SSSR count). The van der Waals surface area contributed by atoms with Crippen molar-refractivity contribution in [2.75, 3.05) is 25.9 Å². The van der Waals surface area contributed by atoms with Gasteiger partial charge in [-0.15, -0.1) is 0 Å². The van der Waals surface area contributed by atoms with Gasteiger partial charge < -0.3 is 10.1 Å². The first-order valence-electron chi connectivity index (χ1n) is 3.68. The van der Waals surface area contributed by atoms with Crippen LogP contribution in [0.25, 0.3) is 0 Å². The second-order valence-corrected chi connectivity index (χ2v) is 4.80. The molecule has 1 saturated heterocycles. The molecule has 0 aromatic rings. The number of sulfonamides is 1. The lowest BCUT2D eigenvalue weighted by molar-refractivity contribution is -0.110. The van der Waals surface area contributed by atoms with Crippen LogP contribution in [0.1, 0.15) is 0 Å². The van der Waals surface area contributed by atoms with Gasteiger partial charge in [0.25, 0.3) is 0 Å². The maximum atomic E-state index is 11.0. The molecule has 0 spiro atoms. The molecule has 6 heteroatoms. The van der Waals surface area contributed by atoms with E-state index in [-0.39, 0.29) is 12.6 Å². The molecule has 12 heavy (non-hydrogen) atoms. The van der Waals surface area contributed by atoms with Gasteiger partial charge in [-0.25, -0.2) is 8.42 Å². The number of hydrogen-bond acceptors (Lipinski definition) is 4. The van der Waals surface area contributed by atoms with Gasteiger partial charge in [0.05, 0.1) is 12.3 Å². The quantitative estimate of drug-likeness (QED) is 0.536. The first-order chi connectivity index (χ1) is 5.54. The van der Waals surface area contributed by atoms with Crippen LogP contribution in [-0.4, -0.2) is 50.9 Å². The Kier molecular flexibility index (Phi) is 2.81. The van der Waals surface area contributed by atoms with E-state index >= 15 is 0 Å². The Balaban J connectivity index is 2.64. The fraction of sp³-hybridized carbons (Fsp3) is 0.833. The fourth-order valence-corrected chi connectivity index (χ4v) is 2.00. The number of aldehydes is 1. The number of rotatable bonds is 2. The van der Waals surface area contributed by atoms with Crippen LogP contribution in [0.2, 0.25) is 0 Å². The molecule has 1 heterocycles. The van der Waals surface area contributed by atoms with Gasteiger partial charge in [-0.2, -0.15) is 4.31 Å². The lowest BCUT2D eigenvalue weighted by Crippen LogP contribution is -2.52. The summed E-state index contributed by atoms with van der Waals surface area (Å²) < 4.78 is 23.4. The topological polar surface area (TPSA) is 66.5 Å². The second kappa shape index (κ2) is 3.51. The maximum Gasteiger partial charge on any atom is 0.211 e. The van der Waals surface area contributed by atoms with E-state index in [2.05, 4.69) is 5.32 Å². The van der Waals surface area contributed by atoms with Crippen LogP contribution in [-0.2, 0) is 14.8 Å². The number of piperazine rings is 1. The van der Waals surface area contributed by atoms with Crippen molar-refractivity contribution in [3.05, 3.63) is 0 Å². The Morgan fingerprint density at radius 3 is 2.75 bits per heavy atom. The Labute approximate surface area is 71.8 Å². The Morgan fingerprint density at radius 1 is 1.58 bits per heavy atom. The van der Waals surface area contributed by atoms with Crippen LogP contribution in [0.3, 0.4) is 0 Å². The molecule has 1 unspecified atom stereocenters. The van der Waals surface area contributed by atoms with Crippen molar-refractivity contribution in [3.63, 3.8) is 0 Å². The van der Waals surface area contributed by atoms with Crippen LogP contribution in [0, 0.1) is 0 Å². The molecule has 0 saturated carbocycles. The Hall–Kier alpha value is -0.460. The highest BCUT2D eigenvalue weighted by atomic mass is 32.2. The Morgan fingerprint density at radius 2 is 2.25 bits per heavy atom. The fourth-order valence-electron chi connectivity index (χ4n) is 1.14. The van der Waals surface area contributed by atoms with Crippen LogP contribution >= 0.6 is 0 Å². The SMILES string of the molecule is CS(=O)(=O)N1CCNC(C=O)C1. The van der Waals surface area contributed by atoms with E-state index in [1.165, 1.54) is 4.31 Å². The lowest BCUT2D eigenvalue weighted by Gasteiger charge is -2.28. The number of nitrogens with one attached hydrogen (secondary N) is 1. The molecule has 1 fully saturated rings. The molecule has 0 aromatic carbocycles. The molecule has 0 bridgehead atoms. The number of carbonyl (C=O) groups is 1. The zero-order valence-electron chi connectivity index (χ0n) is 6.86. The third-order valence-electron chi connectivity index (χ3n) is 1.80. The molecule has 0 amide bonds. The zero-order valence-corrected chi connectivity index (χ0v) is 7.67. The summed E-state index contributed by atoms with van der Waals surface area (Å²) in [6, 6.07) is -0.353. The van der Waals surface area contributed by atoms with Gasteiger partial charge in [0.1, 0.15) is 6.29 Å². The van der Waals surface area contributed by atoms with Crippen molar-refractivity contribution in [2.45, 2.75) is 6.04 Å². The molecular weight excluding hydrogens is 180 g/mol. The smallest absolute Gasteiger partial charge is 0.211 e. The molecule has 1 atom stereocenters. The molecule has 5 nitrogen and oxygen atoms in total. The standard InChI is InChI=1S/C6H12N2O3S/c1-12(10,11)8-3-2-7-6(4-8)5-9/h5-7H,2-4H2,1H3. The summed E-state index contributed by atoms with van der Waals surface area (Å²) in [6.07, 6.45) is 1.89. The number of hydrogen-bond donors (Lipinski definition) is 1. The third-order valence-corrected chi connectivity index (χ3v) is 3.07. The van der Waals surface area contributed by atoms with Crippen molar-refractivity contribution in [2.24, 2.45) is 0 Å². The van der Waals surface area contributed by atoms with Gasteiger partial charge >= 0.3 is 0 Å². The highest BCUT2D eigenvalue weighted by Crippen LogP contribution is 2.02. The van der Waals surface area contributed by atoms with Crippen molar-refractivity contribution in [1.82, 2.24) is 9.62 Å². The van der Waals surface area contributed by atoms with Gasteiger partial charge in [0.2, 0.25) is 10.0 Å². The summed E-state index contributed by atoms with van der Waals surface area (Å²) in [5, 5.41) is 2.90. The average Bonchev–Trinajstić information content (AvgIpc) is 2.03. The van der Waals surface area contributed by atoms with Crippen molar-refractivity contribution >= 4 is 16.3 Å². The summed E-state index contributed by atoms with van der Waals surface area (Å²) in [4.78, 5) is 10.3. The normalized spacial score (nSPS) is 26.9. The summed E-state index contributed by atoms with van der Waals surface area (Å²) in [5.74, 6) is 0. The number of carbonyl (C=O) groups excluding carboxylic acids is 1. The summed E-state index contributed by atoms with van der Waals surface area (Å²) in [7, 11) is -3.13. The third kappa shape index (κ3) is 2.26. The number of nitrogens with zero attached hydrogens (tertiary/aromatic N) is 1. The minimum atomic E-state index is -3.13. The lowest BCUT2D eigenvalue weighted by atomic mass is 10.3. The minimum Gasteiger partial charge on any atom is -0.305 e. The largest absolute Gasteiger partial charge is 0.305 e. The molecule has 1 aliphatic heterocycles. The highest BCUT2D eigenvalue weighted by Gasteiger charge is 2.24. The second-order valence-electron chi connectivity index (χ2n) is 2.82. The monoisotopic (exact) mass is 192 g/mol. The molecule has 0 aliphatic carbocycles. The van der Waals surface area contributed by atoms with E-state index in [0.29, 0.717) is 13.1 Å². The van der Waals surface area contributed by atoms with Crippen molar-refractivity contribution in [3.8, 4) is 0 Å². The Bertz CT molecular complexity index is 262. The molecule has 0 aromatic heterocycles. The van der Waals surface area contributed by atoms with E-state index in [4.69, 9.17) is 0 Å². The van der Waals surface area contributed by atoms with E-state index in [0.717, 1.165) is 12.5 Å². The van der Waals surface area contributed by atoms with Gasteiger partial charge in [-0.3, -0.25) is 0 Å². The highest BCUT2D eigenvalue weighted by molar-refractivity contribution is 7.88. The predicted molar refractivity (Wildman–Crippen MR) is 44.3 cm³/mol. The molecule has 70 valence electrons. The minimum absolute atomic E-state index is 0.252. The first kappa shape index (κ1) is 9.63. The molecule has 1 aliphatic rings. The summed E-state index contributed by atoms with van der Waals surface area (Å²) in [6.45, 7) is 1.24. The van der Waals surface area contributed by atoms with Crippen LogP contribution < -0.4 is 5.32 Å². The van der Waals surface area contributed by atoms with Crippen molar-refractivity contribution < 1.29 is 13.2 Å². The average molecular weight is 192 g/mol. The summed E-state index contributed by atoms with van der Waals surface area (Å²) >= 11 is 0. The molecular formula is C6H12N2O3S. The van der Waals surface area contributed by atoms with Gasteiger partial charge in [-0.1, -0.05) is 0 Å². The van der Waals surface area contributed by atoms with E-state index in [9.17, 15) is 13.2 Å². The predicted octanol–water partition coefficient (Wildman–Crippen LogP) is -1.58. The van der Waals surface area contributed by atoms with Gasteiger partial charge in [-0.05, 0) is 0 Å². The summed E-state index contributed by atoms with van der Waals surface area (Å²) in [5.41, 5.74) is 0. The van der Waals surface area contributed by atoms with Crippen LogP contribution in [0.4, 0.5) is 0 Å². The van der Waals surface area contributed by atoms with Gasteiger partial charge in [0, 0.05) is 19.6 Å². The molecule has 1 N–H and O–H groups in total. The first-order valence-corrected chi connectivity index (χ1v) is 5.52. The van der Waals surface area contributed by atoms with Gasteiger partial charge in [0.15, 0.2) is 0 Å². The van der Waals surface area contributed by atoms with E-state index in [1.807, 2.05) is 0 Å². The van der Waals surface area contributed by atoms with Crippen molar-refractivity contribution in [1.29, 1.82) is 0 Å². The van der Waals surface area contributed by atoms with Crippen LogP contribution in [0.15, 0.2) is 0 Å². The van der Waals surface area contributed by atoms with E-state index in [1.54, 1.807) is 0 Å². The zero-order chi connectivity index (χ0) is 9.19. The molecule has 0 radical (unpaired) electrons. The maximum absolute atomic E-state index is 11.0. The van der Waals surface area contributed by atoms with E-state index < -0.39 is 10.0 Å². The van der Waals surface area contributed by atoms with Crippen LogP contribution in [0.5, 0.6) is 0 Å².